The predicted octanol–water partition coefficient (Wildman–Crippen LogP) is 1.11. The number of halogens is 1. The van der Waals surface area contributed by atoms with Crippen LogP contribution < -0.4 is 5.73 Å². The Balaban J connectivity index is 1.49. The molecule has 2 aliphatic rings. The number of pyridine rings is 1. The van der Waals surface area contributed by atoms with Crippen LogP contribution in [-0.2, 0) is 4.74 Å². The van der Waals surface area contributed by atoms with Crippen LogP contribution in [0, 0.1) is 18.3 Å². The molecule has 7 nitrogen and oxygen atoms in total. The van der Waals surface area contributed by atoms with E-state index in [4.69, 9.17) is 10.5 Å². The van der Waals surface area contributed by atoms with Gasteiger partial charge in [-0.05, 0) is 31.4 Å². The number of ether oxygens (including phenoxy) is 1. The molecule has 27 heavy (non-hydrogen) atoms. The topological polar surface area (TPSA) is 93.1 Å². The second-order valence-corrected chi connectivity index (χ2v) is 7.56. The lowest BCUT2D eigenvalue weighted by molar-refractivity contribution is -0.208. The van der Waals surface area contributed by atoms with Crippen molar-refractivity contribution in [3.63, 3.8) is 0 Å². The summed E-state index contributed by atoms with van der Waals surface area (Å²) < 4.78 is 21.8. The zero-order valence-corrected chi connectivity index (χ0v) is 15.4. The van der Waals surface area contributed by atoms with Crippen molar-refractivity contribution < 1.29 is 19.0 Å². The first-order valence-corrected chi connectivity index (χ1v) is 9.40. The molecule has 1 aliphatic heterocycles. The average molecular weight is 376 g/mol. The Bertz CT molecular complexity index is 860. The Morgan fingerprint density at radius 2 is 2.22 bits per heavy atom. The van der Waals surface area contributed by atoms with Crippen LogP contribution in [-0.4, -0.2) is 63.7 Å². The van der Waals surface area contributed by atoms with Gasteiger partial charge < -0.3 is 20.5 Å². The summed E-state index contributed by atoms with van der Waals surface area (Å²) in [6.45, 7) is 3.64. The molecule has 0 radical (unpaired) electrons. The molecule has 1 spiro atoms. The molecule has 2 aromatic heterocycles. The second-order valence-electron chi connectivity index (χ2n) is 7.56. The van der Waals surface area contributed by atoms with E-state index in [1.54, 1.807) is 17.2 Å². The smallest absolute Gasteiger partial charge is 0.277 e. The number of likely N-dealkylation sites (tertiary alicyclic amines) is 1. The Morgan fingerprint density at radius 3 is 2.85 bits per heavy atom. The van der Waals surface area contributed by atoms with Crippen LogP contribution >= 0.6 is 0 Å². The zero-order valence-electron chi connectivity index (χ0n) is 15.4. The fourth-order valence-corrected chi connectivity index (χ4v) is 4.41. The summed E-state index contributed by atoms with van der Waals surface area (Å²) in [6, 6.07) is 3.56. The van der Waals surface area contributed by atoms with Gasteiger partial charge in [0.2, 0.25) is 5.95 Å². The minimum atomic E-state index is -0.633. The van der Waals surface area contributed by atoms with Gasteiger partial charge in [0.15, 0.2) is 5.69 Å². The van der Waals surface area contributed by atoms with Gasteiger partial charge in [-0.1, -0.05) is 6.07 Å². The maximum absolute atomic E-state index is 14.7. The summed E-state index contributed by atoms with van der Waals surface area (Å²) in [5, 5.41) is 10.3. The Morgan fingerprint density at radius 1 is 1.48 bits per heavy atom. The highest BCUT2D eigenvalue weighted by molar-refractivity contribution is 5.93. The third-order valence-electron chi connectivity index (χ3n) is 6.15. The van der Waals surface area contributed by atoms with Gasteiger partial charge in [-0.25, -0.2) is 4.98 Å². The molecule has 4 rings (SSSR count). The Hall–Kier alpha value is -2.03. The summed E-state index contributed by atoms with van der Waals surface area (Å²) in [6.07, 6.45) is 2.98. The van der Waals surface area contributed by atoms with Gasteiger partial charge in [-0.2, -0.15) is 4.39 Å². The van der Waals surface area contributed by atoms with E-state index in [9.17, 15) is 14.3 Å². The van der Waals surface area contributed by atoms with Crippen molar-refractivity contribution in [3.05, 3.63) is 35.5 Å². The number of fused-ring (bicyclic) bond motifs is 1. The van der Waals surface area contributed by atoms with Gasteiger partial charge in [0.1, 0.15) is 5.65 Å². The highest BCUT2D eigenvalue weighted by atomic mass is 19.1. The van der Waals surface area contributed by atoms with E-state index in [-0.39, 0.29) is 17.2 Å². The summed E-state index contributed by atoms with van der Waals surface area (Å²) >= 11 is 0. The number of carbonyl (C=O) groups excluding carboxylic acids is 1. The van der Waals surface area contributed by atoms with Gasteiger partial charge in [0.05, 0.1) is 18.8 Å². The molecule has 0 unspecified atom stereocenters. The van der Waals surface area contributed by atoms with Crippen LogP contribution in [0.2, 0.25) is 0 Å². The number of aliphatic hydroxyl groups excluding tert-OH is 1. The quantitative estimate of drug-likeness (QED) is 0.834. The summed E-state index contributed by atoms with van der Waals surface area (Å²) in [4.78, 5) is 18.7. The number of carbonyl (C=O) groups is 1. The molecule has 2 atom stereocenters. The molecule has 1 saturated heterocycles. The lowest BCUT2D eigenvalue weighted by Crippen LogP contribution is -2.63. The van der Waals surface area contributed by atoms with Crippen LogP contribution in [0.15, 0.2) is 18.3 Å². The van der Waals surface area contributed by atoms with Crippen molar-refractivity contribution in [3.8, 4) is 0 Å². The molecule has 1 aliphatic carbocycles. The number of nitrogens with two attached hydrogens (primary N) is 1. The number of hydrogen-bond donors (Lipinski definition) is 2. The molecule has 1 saturated carbocycles. The minimum Gasteiger partial charge on any atom is -0.392 e. The minimum absolute atomic E-state index is 0.0251. The van der Waals surface area contributed by atoms with E-state index in [0.29, 0.717) is 51.2 Å². The maximum atomic E-state index is 14.7. The number of amides is 1. The molecule has 146 valence electrons. The van der Waals surface area contributed by atoms with Crippen LogP contribution in [0.1, 0.15) is 35.3 Å². The van der Waals surface area contributed by atoms with Crippen molar-refractivity contribution in [1.82, 2.24) is 14.3 Å². The highest BCUT2D eigenvalue weighted by Gasteiger charge is 2.56. The van der Waals surface area contributed by atoms with Crippen molar-refractivity contribution in [2.45, 2.75) is 38.4 Å². The van der Waals surface area contributed by atoms with Crippen LogP contribution in [0.4, 0.5) is 4.39 Å². The van der Waals surface area contributed by atoms with Crippen LogP contribution in [0.25, 0.3) is 5.65 Å². The maximum Gasteiger partial charge on any atom is 0.277 e. The number of imidazole rings is 1. The van der Waals surface area contributed by atoms with E-state index >= 15 is 0 Å². The molecular formula is C19H25FN4O3. The molecule has 2 aromatic rings. The third kappa shape index (κ3) is 2.83. The summed E-state index contributed by atoms with van der Waals surface area (Å²) in [7, 11) is 0. The lowest BCUT2D eigenvalue weighted by Gasteiger charge is -2.56. The molecule has 0 bridgehead atoms. The third-order valence-corrected chi connectivity index (χ3v) is 6.15. The highest BCUT2D eigenvalue weighted by Crippen LogP contribution is 2.51. The first kappa shape index (κ1) is 18.3. The standard InChI is InChI=1S/C19H25FN4O3/c1-12-3-2-7-24-16(20)15(22-17(12)24)18(26)23-8-4-19(5-9-23)13(25)11-14(19)27-10-6-21/h2-3,7,13-14,25H,4-6,8-11,21H2,1H3/t13-,14+/m0/s1. The fourth-order valence-electron chi connectivity index (χ4n) is 4.41. The molecule has 2 fully saturated rings. The van der Waals surface area contributed by atoms with Crippen molar-refractivity contribution in [1.29, 1.82) is 0 Å². The van der Waals surface area contributed by atoms with Crippen molar-refractivity contribution >= 4 is 11.6 Å². The normalized spacial score (nSPS) is 24.4. The SMILES string of the molecule is Cc1cccn2c(F)c(C(=O)N3CCC4(CC3)[C@@H](O)C[C@H]4OCCN)nc12. The van der Waals surface area contributed by atoms with Gasteiger partial charge in [0.25, 0.3) is 5.91 Å². The molecular weight excluding hydrogens is 351 g/mol. The number of hydrogen-bond acceptors (Lipinski definition) is 5. The monoisotopic (exact) mass is 376 g/mol. The molecule has 1 amide bonds. The summed E-state index contributed by atoms with van der Waals surface area (Å²) in [5.41, 5.74) is 6.30. The van der Waals surface area contributed by atoms with E-state index in [2.05, 4.69) is 4.98 Å². The fraction of sp³-hybridized carbons (Fsp3) is 0.579. The van der Waals surface area contributed by atoms with E-state index in [0.717, 1.165) is 5.56 Å². The number of aliphatic hydroxyl groups is 1. The number of nitrogens with zero attached hydrogens (tertiary/aromatic N) is 3. The Labute approximate surface area is 156 Å². The van der Waals surface area contributed by atoms with Gasteiger partial charge in [0, 0.05) is 37.7 Å². The molecule has 8 heteroatoms. The van der Waals surface area contributed by atoms with E-state index in [1.165, 1.54) is 4.40 Å². The number of piperidine rings is 1. The lowest BCUT2D eigenvalue weighted by atomic mass is 9.58. The van der Waals surface area contributed by atoms with E-state index < -0.39 is 18.0 Å². The predicted molar refractivity (Wildman–Crippen MR) is 96.9 cm³/mol. The van der Waals surface area contributed by atoms with Crippen molar-refractivity contribution in [2.24, 2.45) is 11.1 Å². The zero-order chi connectivity index (χ0) is 19.2. The largest absolute Gasteiger partial charge is 0.392 e. The Kier molecular flexibility index (Phi) is 4.65. The molecule has 0 aromatic carbocycles. The first-order valence-electron chi connectivity index (χ1n) is 9.40. The number of aryl methyl sites for hydroxylation is 1. The first-order chi connectivity index (χ1) is 13.0. The van der Waals surface area contributed by atoms with Crippen LogP contribution in [0.3, 0.4) is 0 Å². The summed E-state index contributed by atoms with van der Waals surface area (Å²) in [5.74, 6) is -1.04. The number of aromatic nitrogens is 2. The second kappa shape index (κ2) is 6.85. The van der Waals surface area contributed by atoms with E-state index in [1.807, 2.05) is 13.0 Å². The molecule has 3 N–H and O–H groups in total. The number of rotatable bonds is 4. The van der Waals surface area contributed by atoms with Gasteiger partial charge in [-0.3, -0.25) is 9.20 Å². The van der Waals surface area contributed by atoms with Gasteiger partial charge >= 0.3 is 0 Å². The van der Waals surface area contributed by atoms with Gasteiger partial charge in [-0.15, -0.1) is 0 Å². The van der Waals surface area contributed by atoms with Crippen molar-refractivity contribution in [2.75, 3.05) is 26.2 Å². The molecule has 3 heterocycles. The average Bonchev–Trinajstić information content (AvgIpc) is 3.03. The van der Waals surface area contributed by atoms with Crippen LogP contribution in [0.5, 0.6) is 0 Å².